The van der Waals surface area contributed by atoms with Crippen molar-refractivity contribution in [1.29, 1.82) is 0 Å². The van der Waals surface area contributed by atoms with E-state index in [1.807, 2.05) is 11.8 Å². The third kappa shape index (κ3) is 5.51. The van der Waals surface area contributed by atoms with Crippen molar-refractivity contribution in [3.63, 3.8) is 0 Å². The van der Waals surface area contributed by atoms with Crippen LogP contribution in [0.1, 0.15) is 80.9 Å². The third-order valence-corrected chi connectivity index (χ3v) is 10.4. The van der Waals surface area contributed by atoms with E-state index in [1.54, 1.807) is 11.1 Å². The monoisotopic (exact) mass is 632 g/mol. The van der Waals surface area contributed by atoms with Gasteiger partial charge in [0.05, 0.1) is 11.5 Å². The second-order valence-corrected chi connectivity index (χ2v) is 12.9. The first-order valence-electron chi connectivity index (χ1n) is 13.8. The van der Waals surface area contributed by atoms with Crippen molar-refractivity contribution in [2.45, 2.75) is 75.7 Å². The number of rotatable bonds is 13. The summed E-state index contributed by atoms with van der Waals surface area (Å²) in [5.74, 6) is 2.03. The van der Waals surface area contributed by atoms with Gasteiger partial charge >= 0.3 is 0 Å². The molecular formula is C31H38Br2O2S. The van der Waals surface area contributed by atoms with Crippen LogP contribution in [-0.2, 0) is 14.9 Å². The Labute approximate surface area is 238 Å². The minimum atomic E-state index is 0.114. The van der Waals surface area contributed by atoms with Crippen LogP contribution >= 0.6 is 43.6 Å². The van der Waals surface area contributed by atoms with Gasteiger partial charge in [0.2, 0.25) is 0 Å². The van der Waals surface area contributed by atoms with Crippen molar-refractivity contribution in [1.82, 2.24) is 0 Å². The summed E-state index contributed by atoms with van der Waals surface area (Å²) in [5, 5.41) is 2.23. The van der Waals surface area contributed by atoms with Crippen LogP contribution in [-0.4, -0.2) is 35.7 Å². The lowest BCUT2D eigenvalue weighted by Crippen LogP contribution is -2.26. The highest BCUT2D eigenvalue weighted by atomic mass is 79.9. The smallest absolute Gasteiger partial charge is 0.140 e. The van der Waals surface area contributed by atoms with Gasteiger partial charge in [-0.1, -0.05) is 107 Å². The molecule has 1 saturated heterocycles. The molecule has 2 aromatic rings. The average molecular weight is 635 g/mol. The molecule has 0 aromatic heterocycles. The Morgan fingerprint density at radius 2 is 1.47 bits per heavy atom. The molecule has 1 fully saturated rings. The quantitative estimate of drug-likeness (QED) is 0.162. The molecule has 5 heteroatoms. The van der Waals surface area contributed by atoms with Crippen molar-refractivity contribution in [3.8, 4) is 11.1 Å². The lowest BCUT2D eigenvalue weighted by atomic mass is 9.70. The second-order valence-electron chi connectivity index (χ2n) is 10.3. The Hall–Kier alpha value is -0.750. The van der Waals surface area contributed by atoms with Crippen LogP contribution in [0.15, 0.2) is 48.2 Å². The molecular weight excluding hydrogens is 596 g/mol. The fourth-order valence-electron chi connectivity index (χ4n) is 6.31. The van der Waals surface area contributed by atoms with Crippen LogP contribution in [0, 0.1) is 0 Å². The largest absolute Gasteiger partial charge is 0.492 e. The molecule has 0 bridgehead atoms. The Balaban J connectivity index is 1.51. The predicted molar refractivity (Wildman–Crippen MR) is 161 cm³/mol. The predicted octanol–water partition coefficient (Wildman–Crippen LogP) is 9.47. The second kappa shape index (κ2) is 12.9. The highest BCUT2D eigenvalue weighted by molar-refractivity contribution is 9.09. The molecule has 2 aliphatic heterocycles. The number of hydrogen-bond donors (Lipinski definition) is 0. The minimum Gasteiger partial charge on any atom is -0.492 e. The zero-order valence-electron chi connectivity index (χ0n) is 21.2. The molecule has 5 rings (SSSR count). The van der Waals surface area contributed by atoms with Crippen molar-refractivity contribution in [2.24, 2.45) is 0 Å². The maximum atomic E-state index is 6.13. The number of unbranched alkanes of at least 4 members (excludes halogenated alkanes) is 6. The molecule has 0 amide bonds. The van der Waals surface area contributed by atoms with E-state index in [1.165, 1.54) is 85.8 Å². The van der Waals surface area contributed by atoms with Gasteiger partial charge in [-0.25, -0.2) is 0 Å². The molecule has 0 saturated carbocycles. The number of benzene rings is 2. The van der Waals surface area contributed by atoms with Gasteiger partial charge in [0.15, 0.2) is 0 Å². The van der Waals surface area contributed by atoms with Gasteiger partial charge in [-0.05, 0) is 59.6 Å². The average Bonchev–Trinajstić information content (AvgIpc) is 3.46. The van der Waals surface area contributed by atoms with Crippen molar-refractivity contribution in [3.05, 3.63) is 64.9 Å². The summed E-state index contributed by atoms with van der Waals surface area (Å²) in [5.41, 5.74) is 7.44. The van der Waals surface area contributed by atoms with E-state index in [9.17, 15) is 0 Å². The van der Waals surface area contributed by atoms with E-state index in [0.717, 1.165) is 22.2 Å². The molecule has 3 aliphatic rings. The molecule has 0 radical (unpaired) electrons. The van der Waals surface area contributed by atoms with Crippen LogP contribution in [0.5, 0.6) is 0 Å². The van der Waals surface area contributed by atoms with Crippen LogP contribution in [0.3, 0.4) is 0 Å². The molecule has 2 heterocycles. The van der Waals surface area contributed by atoms with E-state index in [-0.39, 0.29) is 11.5 Å². The van der Waals surface area contributed by atoms with Gasteiger partial charge in [0.25, 0.3) is 0 Å². The topological polar surface area (TPSA) is 18.5 Å². The summed E-state index contributed by atoms with van der Waals surface area (Å²) < 4.78 is 12.1. The third-order valence-electron chi connectivity index (χ3n) is 8.06. The summed E-state index contributed by atoms with van der Waals surface area (Å²) in [6.45, 7) is 1.37. The van der Waals surface area contributed by atoms with E-state index in [4.69, 9.17) is 9.47 Å². The molecule has 2 aromatic carbocycles. The molecule has 1 aliphatic carbocycles. The highest BCUT2D eigenvalue weighted by Gasteiger charge is 2.43. The first-order valence-corrected chi connectivity index (χ1v) is 17.0. The molecule has 0 spiro atoms. The van der Waals surface area contributed by atoms with Gasteiger partial charge in [0, 0.05) is 21.8 Å². The van der Waals surface area contributed by atoms with Gasteiger partial charge in [-0.2, -0.15) is 0 Å². The van der Waals surface area contributed by atoms with Crippen LogP contribution in [0.4, 0.5) is 0 Å². The van der Waals surface area contributed by atoms with Gasteiger partial charge in [-0.3, -0.25) is 0 Å². The molecule has 0 N–H and O–H groups in total. The summed E-state index contributed by atoms with van der Waals surface area (Å²) in [4.78, 5) is 1.29. The van der Waals surface area contributed by atoms with E-state index in [2.05, 4.69) is 74.3 Å². The lowest BCUT2D eigenvalue weighted by molar-refractivity contribution is -0.0282. The first kappa shape index (κ1) is 26.8. The van der Waals surface area contributed by atoms with Gasteiger partial charge in [0.1, 0.15) is 18.5 Å². The molecule has 194 valence electrons. The van der Waals surface area contributed by atoms with E-state index < -0.39 is 0 Å². The summed E-state index contributed by atoms with van der Waals surface area (Å²) in [6, 6.07) is 16.5. The number of alkyl halides is 2. The minimum absolute atomic E-state index is 0.114. The number of ether oxygens (including phenoxy) is 2. The fourth-order valence-corrected chi connectivity index (χ4v) is 8.30. The number of halogens is 2. The van der Waals surface area contributed by atoms with Crippen molar-refractivity contribution < 1.29 is 9.47 Å². The maximum absolute atomic E-state index is 6.13. The Morgan fingerprint density at radius 3 is 2.22 bits per heavy atom. The summed E-state index contributed by atoms with van der Waals surface area (Å²) >= 11 is 9.13. The standard InChI is InChI=1S/C31H38Br2O2S/c32-17-9-3-1-7-15-31(16-8-2-4-10-18-33)26-12-6-5-11-24(26)25-14-13-23(21-27(25)31)30-29-28(22-36-30)34-19-20-35-29/h5-6,11-14,21,28H,1-4,7-10,15-20,22H2. The van der Waals surface area contributed by atoms with Gasteiger partial charge in [-0.15, -0.1) is 11.8 Å². The first-order chi connectivity index (χ1) is 17.8. The SMILES string of the molecule is BrCCCCCCC1(CCCCCCBr)c2ccccc2-c2ccc(C3=C4OCCOC4CS3)cc21. The number of hydrogen-bond acceptors (Lipinski definition) is 3. The Kier molecular flexibility index (Phi) is 9.59. The Bertz CT molecular complexity index is 1050. The fraction of sp³-hybridized carbons (Fsp3) is 0.548. The van der Waals surface area contributed by atoms with Crippen LogP contribution in [0.2, 0.25) is 0 Å². The zero-order chi connectivity index (χ0) is 24.8. The molecule has 1 atom stereocenters. The van der Waals surface area contributed by atoms with Crippen molar-refractivity contribution >= 4 is 48.5 Å². The van der Waals surface area contributed by atoms with Crippen molar-refractivity contribution in [2.75, 3.05) is 29.6 Å². The maximum Gasteiger partial charge on any atom is 0.140 e. The highest BCUT2D eigenvalue weighted by Crippen LogP contribution is 2.55. The van der Waals surface area contributed by atoms with Gasteiger partial charge < -0.3 is 9.47 Å². The van der Waals surface area contributed by atoms with Crippen LogP contribution in [0.25, 0.3) is 16.0 Å². The number of thioether (sulfide) groups is 1. The number of fused-ring (bicyclic) bond motifs is 4. The summed E-state index contributed by atoms with van der Waals surface area (Å²) in [7, 11) is 0. The molecule has 1 unspecified atom stereocenters. The normalized spacial score (nSPS) is 19.7. The van der Waals surface area contributed by atoms with E-state index in [0.29, 0.717) is 13.2 Å². The van der Waals surface area contributed by atoms with Crippen LogP contribution < -0.4 is 0 Å². The summed E-state index contributed by atoms with van der Waals surface area (Å²) in [6.07, 6.45) is 13.0. The lowest BCUT2D eigenvalue weighted by Gasteiger charge is -2.33. The molecule has 36 heavy (non-hydrogen) atoms. The molecule has 2 nitrogen and oxygen atoms in total. The van der Waals surface area contributed by atoms with E-state index >= 15 is 0 Å². The zero-order valence-corrected chi connectivity index (χ0v) is 25.2. The Morgan fingerprint density at radius 1 is 0.778 bits per heavy atom.